The summed E-state index contributed by atoms with van der Waals surface area (Å²) in [5.41, 5.74) is 1.14. The molecular weight excluding hydrogens is 254 g/mol. The molecule has 0 radical (unpaired) electrons. The van der Waals surface area contributed by atoms with Crippen LogP contribution in [-0.4, -0.2) is 40.5 Å². The third-order valence-electron chi connectivity index (χ3n) is 2.87. The van der Waals surface area contributed by atoms with E-state index >= 15 is 0 Å². The molecule has 1 atom stereocenters. The number of likely N-dealkylation sites (N-methyl/N-ethyl adjacent to an activating group) is 1. The maximum atomic E-state index is 5.90. The Labute approximate surface area is 122 Å². The highest BCUT2D eigenvalue weighted by atomic mass is 16.5. The molecule has 0 aliphatic heterocycles. The first-order chi connectivity index (χ1) is 9.67. The zero-order valence-corrected chi connectivity index (χ0v) is 13.0. The average Bonchev–Trinajstić information content (AvgIpc) is 2.45. The van der Waals surface area contributed by atoms with Crippen molar-refractivity contribution in [1.29, 1.82) is 0 Å². The minimum Gasteiger partial charge on any atom is -0.497 e. The summed E-state index contributed by atoms with van der Waals surface area (Å²) in [4.78, 5) is 0. The van der Waals surface area contributed by atoms with Crippen LogP contribution in [0.2, 0.25) is 0 Å². The van der Waals surface area contributed by atoms with E-state index in [4.69, 9.17) is 14.2 Å². The summed E-state index contributed by atoms with van der Waals surface area (Å²) in [5, 5.41) is 3.16. The van der Waals surface area contributed by atoms with Gasteiger partial charge < -0.3 is 19.5 Å². The van der Waals surface area contributed by atoms with Crippen molar-refractivity contribution >= 4 is 0 Å². The van der Waals surface area contributed by atoms with Gasteiger partial charge in [-0.3, -0.25) is 0 Å². The van der Waals surface area contributed by atoms with Gasteiger partial charge in [-0.1, -0.05) is 26.0 Å². The van der Waals surface area contributed by atoms with E-state index in [2.05, 4.69) is 19.2 Å². The van der Waals surface area contributed by atoms with Crippen LogP contribution in [-0.2, 0) is 9.47 Å². The molecule has 0 aliphatic carbocycles. The van der Waals surface area contributed by atoms with E-state index in [1.165, 1.54) is 0 Å². The lowest BCUT2D eigenvalue weighted by Crippen LogP contribution is -2.21. The Hall–Kier alpha value is -1.10. The van der Waals surface area contributed by atoms with Gasteiger partial charge >= 0.3 is 0 Å². The fraction of sp³-hybridized carbons (Fsp3) is 0.625. The van der Waals surface area contributed by atoms with Crippen LogP contribution in [0.25, 0.3) is 0 Å². The molecule has 0 heterocycles. The lowest BCUT2D eigenvalue weighted by molar-refractivity contribution is -0.000674. The quantitative estimate of drug-likeness (QED) is 0.669. The number of methoxy groups -OCH3 is 1. The van der Waals surface area contributed by atoms with Crippen molar-refractivity contribution in [1.82, 2.24) is 5.32 Å². The molecule has 0 saturated carbocycles. The summed E-state index contributed by atoms with van der Waals surface area (Å²) in [6.07, 6.45) is 0.0357. The molecule has 1 unspecified atom stereocenters. The van der Waals surface area contributed by atoms with Crippen LogP contribution in [0.3, 0.4) is 0 Å². The van der Waals surface area contributed by atoms with Gasteiger partial charge in [-0.2, -0.15) is 0 Å². The molecule has 0 aliphatic rings. The second-order valence-corrected chi connectivity index (χ2v) is 5.16. The van der Waals surface area contributed by atoms with E-state index in [9.17, 15) is 0 Å². The monoisotopic (exact) mass is 281 g/mol. The molecule has 0 spiro atoms. The molecule has 0 aromatic heterocycles. The molecule has 4 nitrogen and oxygen atoms in total. The van der Waals surface area contributed by atoms with E-state index in [1.807, 2.05) is 31.3 Å². The van der Waals surface area contributed by atoms with E-state index < -0.39 is 0 Å². The zero-order chi connectivity index (χ0) is 14.8. The van der Waals surface area contributed by atoms with Crippen LogP contribution in [0.1, 0.15) is 25.5 Å². The molecule has 1 N–H and O–H groups in total. The predicted octanol–water partition coefficient (Wildman–Crippen LogP) is 2.64. The second-order valence-electron chi connectivity index (χ2n) is 5.16. The standard InChI is InChI=1S/C16H27NO3/c1-13(2)12-19-9-10-20-16(11-17-3)14-5-7-15(18-4)8-6-14/h5-8,13,16-17H,9-12H2,1-4H3. The van der Waals surface area contributed by atoms with Gasteiger partial charge in [-0.15, -0.1) is 0 Å². The first-order valence-electron chi connectivity index (χ1n) is 7.15. The second kappa shape index (κ2) is 9.75. The Bertz CT molecular complexity index is 351. The van der Waals surface area contributed by atoms with E-state index in [0.717, 1.165) is 24.5 Å². The first-order valence-corrected chi connectivity index (χ1v) is 7.15. The number of rotatable bonds is 10. The van der Waals surface area contributed by atoms with Gasteiger partial charge in [0.15, 0.2) is 0 Å². The molecule has 0 amide bonds. The van der Waals surface area contributed by atoms with Crippen LogP contribution < -0.4 is 10.1 Å². The summed E-state index contributed by atoms with van der Waals surface area (Å²) in [7, 11) is 3.60. The third-order valence-corrected chi connectivity index (χ3v) is 2.87. The molecule has 20 heavy (non-hydrogen) atoms. The van der Waals surface area contributed by atoms with Crippen molar-refractivity contribution in [2.45, 2.75) is 20.0 Å². The zero-order valence-electron chi connectivity index (χ0n) is 13.0. The largest absolute Gasteiger partial charge is 0.497 e. The molecule has 1 aromatic rings. The highest BCUT2D eigenvalue weighted by molar-refractivity contribution is 5.28. The number of hydrogen-bond donors (Lipinski definition) is 1. The Morgan fingerprint density at radius 3 is 2.35 bits per heavy atom. The predicted molar refractivity (Wildman–Crippen MR) is 81.3 cm³/mol. The Balaban J connectivity index is 2.42. The molecule has 1 aromatic carbocycles. The van der Waals surface area contributed by atoms with E-state index in [-0.39, 0.29) is 6.10 Å². The summed E-state index contributed by atoms with van der Waals surface area (Å²) >= 11 is 0. The van der Waals surface area contributed by atoms with Crippen molar-refractivity contribution in [3.8, 4) is 5.75 Å². The van der Waals surface area contributed by atoms with Crippen molar-refractivity contribution in [3.05, 3.63) is 29.8 Å². The molecule has 1 rings (SSSR count). The van der Waals surface area contributed by atoms with Gasteiger partial charge in [0, 0.05) is 13.2 Å². The minimum atomic E-state index is 0.0357. The number of ether oxygens (including phenoxy) is 3. The molecule has 0 fully saturated rings. The number of hydrogen-bond acceptors (Lipinski definition) is 4. The fourth-order valence-electron chi connectivity index (χ4n) is 1.85. The van der Waals surface area contributed by atoms with Crippen molar-refractivity contribution < 1.29 is 14.2 Å². The van der Waals surface area contributed by atoms with Crippen molar-refractivity contribution in [3.63, 3.8) is 0 Å². The first kappa shape index (κ1) is 17.0. The van der Waals surface area contributed by atoms with Gasteiger partial charge in [0.2, 0.25) is 0 Å². The third kappa shape index (κ3) is 6.37. The SMILES string of the molecule is CNCC(OCCOCC(C)C)c1ccc(OC)cc1. The Kier molecular flexibility index (Phi) is 8.26. The van der Waals surface area contributed by atoms with Crippen LogP contribution in [0, 0.1) is 5.92 Å². The maximum absolute atomic E-state index is 5.90. The molecular formula is C16H27NO3. The maximum Gasteiger partial charge on any atom is 0.118 e. The van der Waals surface area contributed by atoms with Crippen LogP contribution in [0.5, 0.6) is 5.75 Å². The average molecular weight is 281 g/mol. The Morgan fingerprint density at radius 1 is 1.10 bits per heavy atom. The molecule has 0 saturated heterocycles. The van der Waals surface area contributed by atoms with Crippen LogP contribution in [0.15, 0.2) is 24.3 Å². The lowest BCUT2D eigenvalue weighted by atomic mass is 10.1. The number of nitrogens with one attached hydrogen (secondary N) is 1. The number of benzene rings is 1. The van der Waals surface area contributed by atoms with Gasteiger partial charge in [-0.05, 0) is 30.7 Å². The highest BCUT2D eigenvalue weighted by Crippen LogP contribution is 2.20. The molecule has 0 bridgehead atoms. The van der Waals surface area contributed by atoms with Crippen LogP contribution >= 0.6 is 0 Å². The summed E-state index contributed by atoms with van der Waals surface area (Å²) in [6, 6.07) is 7.98. The van der Waals surface area contributed by atoms with Crippen molar-refractivity contribution in [2.75, 3.05) is 40.5 Å². The Morgan fingerprint density at radius 2 is 1.80 bits per heavy atom. The van der Waals surface area contributed by atoms with Crippen LogP contribution in [0.4, 0.5) is 0 Å². The molecule has 114 valence electrons. The van der Waals surface area contributed by atoms with Gasteiger partial charge in [0.05, 0.1) is 26.4 Å². The smallest absolute Gasteiger partial charge is 0.118 e. The van der Waals surface area contributed by atoms with Crippen molar-refractivity contribution in [2.24, 2.45) is 5.92 Å². The highest BCUT2D eigenvalue weighted by Gasteiger charge is 2.11. The van der Waals surface area contributed by atoms with Gasteiger partial charge in [-0.25, -0.2) is 0 Å². The topological polar surface area (TPSA) is 39.7 Å². The minimum absolute atomic E-state index is 0.0357. The summed E-state index contributed by atoms with van der Waals surface area (Å²) < 4.78 is 16.6. The van der Waals surface area contributed by atoms with E-state index in [1.54, 1.807) is 7.11 Å². The lowest BCUT2D eigenvalue weighted by Gasteiger charge is -2.18. The van der Waals surface area contributed by atoms with E-state index in [0.29, 0.717) is 19.1 Å². The van der Waals surface area contributed by atoms with Gasteiger partial charge in [0.25, 0.3) is 0 Å². The van der Waals surface area contributed by atoms with Gasteiger partial charge in [0.1, 0.15) is 5.75 Å². The normalized spacial score (nSPS) is 12.7. The fourth-order valence-corrected chi connectivity index (χ4v) is 1.85. The summed E-state index contributed by atoms with van der Waals surface area (Å²) in [5.74, 6) is 1.42. The molecule has 4 heteroatoms. The summed E-state index contributed by atoms with van der Waals surface area (Å²) in [6.45, 7) is 7.07.